The highest BCUT2D eigenvalue weighted by Gasteiger charge is 2.18. The SMILES string of the molecule is O=C1SCc2ccncc21. The van der Waals surface area contributed by atoms with Crippen LogP contribution in [0.3, 0.4) is 0 Å². The van der Waals surface area contributed by atoms with Crippen LogP contribution in [0.2, 0.25) is 0 Å². The van der Waals surface area contributed by atoms with Gasteiger partial charge in [0.25, 0.3) is 0 Å². The molecule has 2 heterocycles. The smallest absolute Gasteiger partial charge is 0.221 e. The number of hydrogen-bond acceptors (Lipinski definition) is 3. The van der Waals surface area contributed by atoms with Crippen LogP contribution >= 0.6 is 11.8 Å². The first-order valence-electron chi connectivity index (χ1n) is 2.98. The molecule has 0 aliphatic carbocycles. The van der Waals surface area contributed by atoms with Crippen molar-refractivity contribution in [3.63, 3.8) is 0 Å². The summed E-state index contributed by atoms with van der Waals surface area (Å²) < 4.78 is 0. The summed E-state index contributed by atoms with van der Waals surface area (Å²) in [4.78, 5) is 14.9. The summed E-state index contributed by atoms with van der Waals surface area (Å²) in [5, 5.41) is 0.156. The van der Waals surface area contributed by atoms with Crippen LogP contribution in [0, 0.1) is 0 Å². The van der Waals surface area contributed by atoms with E-state index in [1.54, 1.807) is 12.4 Å². The molecule has 50 valence electrons. The summed E-state index contributed by atoms with van der Waals surface area (Å²) in [6, 6.07) is 1.90. The zero-order chi connectivity index (χ0) is 6.97. The minimum absolute atomic E-state index is 0.156. The van der Waals surface area contributed by atoms with E-state index in [4.69, 9.17) is 0 Å². The van der Waals surface area contributed by atoms with Crippen LogP contribution in [-0.2, 0) is 5.75 Å². The highest BCUT2D eigenvalue weighted by Crippen LogP contribution is 2.28. The maximum atomic E-state index is 11.0. The van der Waals surface area contributed by atoms with Gasteiger partial charge >= 0.3 is 0 Å². The summed E-state index contributed by atoms with van der Waals surface area (Å²) in [5.74, 6) is 0.816. The molecule has 1 aromatic heterocycles. The van der Waals surface area contributed by atoms with E-state index in [-0.39, 0.29) is 5.12 Å². The number of carbonyl (C=O) groups is 1. The van der Waals surface area contributed by atoms with E-state index in [1.165, 1.54) is 11.8 Å². The van der Waals surface area contributed by atoms with Gasteiger partial charge in [0.05, 0.1) is 5.56 Å². The van der Waals surface area contributed by atoms with Gasteiger partial charge in [0.15, 0.2) is 0 Å². The van der Waals surface area contributed by atoms with Crippen LogP contribution in [0.1, 0.15) is 15.9 Å². The third kappa shape index (κ3) is 0.743. The van der Waals surface area contributed by atoms with Crippen LogP contribution in [0.4, 0.5) is 0 Å². The molecule has 0 fully saturated rings. The van der Waals surface area contributed by atoms with Gasteiger partial charge in [-0.25, -0.2) is 0 Å². The lowest BCUT2D eigenvalue weighted by atomic mass is 10.2. The summed E-state index contributed by atoms with van der Waals surface area (Å²) in [6.45, 7) is 0. The molecule has 0 spiro atoms. The number of thioether (sulfide) groups is 1. The Morgan fingerprint density at radius 1 is 1.60 bits per heavy atom. The lowest BCUT2D eigenvalue weighted by Gasteiger charge is -1.90. The molecule has 1 aromatic rings. The second-order valence-electron chi connectivity index (χ2n) is 2.11. The second-order valence-corrected chi connectivity index (χ2v) is 3.06. The Hall–Kier alpha value is -0.830. The molecule has 1 aliphatic heterocycles. The number of aromatic nitrogens is 1. The van der Waals surface area contributed by atoms with Crippen molar-refractivity contribution in [3.8, 4) is 0 Å². The second kappa shape index (κ2) is 2.09. The van der Waals surface area contributed by atoms with Crippen LogP contribution in [0.15, 0.2) is 18.5 Å². The molecule has 10 heavy (non-hydrogen) atoms. The van der Waals surface area contributed by atoms with Crippen molar-refractivity contribution in [2.24, 2.45) is 0 Å². The van der Waals surface area contributed by atoms with Crippen molar-refractivity contribution in [2.45, 2.75) is 5.75 Å². The Balaban J connectivity index is 2.61. The van der Waals surface area contributed by atoms with Gasteiger partial charge in [-0.05, 0) is 11.6 Å². The quantitative estimate of drug-likeness (QED) is 0.562. The highest BCUT2D eigenvalue weighted by atomic mass is 32.2. The minimum Gasteiger partial charge on any atom is -0.281 e. The molecule has 2 nitrogen and oxygen atoms in total. The number of rotatable bonds is 0. The standard InChI is InChI=1S/C7H5NOS/c9-7-6-3-8-2-1-5(6)4-10-7/h1-3H,4H2. The molecule has 0 unspecified atom stereocenters. The topological polar surface area (TPSA) is 30.0 Å². The first kappa shape index (κ1) is 5.92. The van der Waals surface area contributed by atoms with Crippen molar-refractivity contribution >= 4 is 16.9 Å². The maximum Gasteiger partial charge on any atom is 0.221 e. The van der Waals surface area contributed by atoms with E-state index in [0.717, 1.165) is 16.9 Å². The molecule has 0 saturated carbocycles. The molecule has 0 bridgehead atoms. The van der Waals surface area contributed by atoms with Crippen LogP contribution in [0.5, 0.6) is 0 Å². The maximum absolute atomic E-state index is 11.0. The van der Waals surface area contributed by atoms with E-state index < -0.39 is 0 Å². The monoisotopic (exact) mass is 151 g/mol. The predicted molar refractivity (Wildman–Crippen MR) is 39.9 cm³/mol. The Kier molecular flexibility index (Phi) is 1.24. The molecule has 2 rings (SSSR count). The van der Waals surface area contributed by atoms with Gasteiger partial charge in [-0.2, -0.15) is 0 Å². The molecule has 0 radical (unpaired) electrons. The Bertz CT molecular complexity index is 285. The molecule has 0 saturated heterocycles. The third-order valence-corrected chi connectivity index (χ3v) is 2.43. The summed E-state index contributed by atoms with van der Waals surface area (Å²) in [7, 11) is 0. The number of pyridine rings is 1. The van der Waals surface area contributed by atoms with E-state index >= 15 is 0 Å². The average molecular weight is 151 g/mol. The fourth-order valence-corrected chi connectivity index (χ4v) is 1.83. The summed E-state index contributed by atoms with van der Waals surface area (Å²) >= 11 is 1.35. The van der Waals surface area contributed by atoms with Crippen LogP contribution in [0.25, 0.3) is 0 Å². The van der Waals surface area contributed by atoms with E-state index in [2.05, 4.69) is 4.98 Å². The minimum atomic E-state index is 0.156. The molecule has 3 heteroatoms. The summed E-state index contributed by atoms with van der Waals surface area (Å²) in [6.07, 6.45) is 3.36. The Morgan fingerprint density at radius 3 is 3.30 bits per heavy atom. The van der Waals surface area contributed by atoms with Crippen molar-refractivity contribution in [3.05, 3.63) is 29.6 Å². The number of hydrogen-bond donors (Lipinski definition) is 0. The van der Waals surface area contributed by atoms with Gasteiger partial charge in [0.2, 0.25) is 5.12 Å². The molecule has 1 aliphatic rings. The van der Waals surface area contributed by atoms with Gasteiger partial charge in [0.1, 0.15) is 0 Å². The van der Waals surface area contributed by atoms with Crippen molar-refractivity contribution in [2.75, 3.05) is 0 Å². The van der Waals surface area contributed by atoms with Crippen molar-refractivity contribution in [1.82, 2.24) is 4.98 Å². The zero-order valence-corrected chi connectivity index (χ0v) is 6.02. The lowest BCUT2D eigenvalue weighted by molar-refractivity contribution is 0.109. The highest BCUT2D eigenvalue weighted by molar-refractivity contribution is 8.13. The number of nitrogens with zero attached hydrogens (tertiary/aromatic N) is 1. The zero-order valence-electron chi connectivity index (χ0n) is 5.20. The van der Waals surface area contributed by atoms with Gasteiger partial charge in [0, 0.05) is 18.1 Å². The number of carbonyl (C=O) groups excluding carboxylic acids is 1. The number of fused-ring (bicyclic) bond motifs is 1. The first-order chi connectivity index (χ1) is 4.88. The first-order valence-corrected chi connectivity index (χ1v) is 3.96. The molecule has 0 aromatic carbocycles. The van der Waals surface area contributed by atoms with E-state index in [0.29, 0.717) is 0 Å². The Labute approximate surface area is 62.7 Å². The van der Waals surface area contributed by atoms with Gasteiger partial charge in [-0.1, -0.05) is 11.8 Å². The van der Waals surface area contributed by atoms with Crippen molar-refractivity contribution < 1.29 is 4.79 Å². The van der Waals surface area contributed by atoms with Gasteiger partial charge < -0.3 is 0 Å². The predicted octanol–water partition coefficient (Wildman–Crippen LogP) is 1.47. The van der Waals surface area contributed by atoms with E-state index in [1.807, 2.05) is 6.07 Å². The van der Waals surface area contributed by atoms with Crippen LogP contribution in [-0.4, -0.2) is 10.1 Å². The normalized spacial score (nSPS) is 15.4. The van der Waals surface area contributed by atoms with Gasteiger partial charge in [-0.15, -0.1) is 0 Å². The molecule has 0 atom stereocenters. The molecular formula is C7H5NOS. The van der Waals surface area contributed by atoms with Crippen molar-refractivity contribution in [1.29, 1.82) is 0 Å². The summed E-state index contributed by atoms with van der Waals surface area (Å²) in [5.41, 5.74) is 1.90. The largest absolute Gasteiger partial charge is 0.281 e. The molecular weight excluding hydrogens is 146 g/mol. The fourth-order valence-electron chi connectivity index (χ4n) is 0.954. The Morgan fingerprint density at radius 2 is 2.50 bits per heavy atom. The lowest BCUT2D eigenvalue weighted by Crippen LogP contribution is -1.88. The van der Waals surface area contributed by atoms with Crippen LogP contribution < -0.4 is 0 Å². The molecule has 0 amide bonds. The third-order valence-electron chi connectivity index (χ3n) is 1.49. The molecule has 0 N–H and O–H groups in total. The average Bonchev–Trinajstić information content (AvgIpc) is 2.34. The van der Waals surface area contributed by atoms with Gasteiger partial charge in [-0.3, -0.25) is 9.78 Å². The fraction of sp³-hybridized carbons (Fsp3) is 0.143. The van der Waals surface area contributed by atoms with E-state index in [9.17, 15) is 4.79 Å².